The normalized spacial score (nSPS) is 16.4. The molecule has 0 amide bonds. The molecular formula is C17H30IN3O. The SMILES string of the molecule is CC(C)CN=C(NCCc1ccco1)NC1CCCCC1.I. The highest BCUT2D eigenvalue weighted by molar-refractivity contribution is 14.0. The molecule has 1 aromatic heterocycles. The highest BCUT2D eigenvalue weighted by atomic mass is 127. The minimum absolute atomic E-state index is 0. The highest BCUT2D eigenvalue weighted by Gasteiger charge is 2.14. The van der Waals surface area contributed by atoms with Gasteiger partial charge < -0.3 is 15.1 Å². The third-order valence-corrected chi connectivity index (χ3v) is 3.80. The number of halogens is 1. The van der Waals surface area contributed by atoms with E-state index in [0.29, 0.717) is 12.0 Å². The van der Waals surface area contributed by atoms with Crippen LogP contribution in [-0.4, -0.2) is 25.1 Å². The molecule has 2 N–H and O–H groups in total. The Labute approximate surface area is 151 Å². The largest absolute Gasteiger partial charge is 0.469 e. The quantitative estimate of drug-likeness (QED) is 0.417. The van der Waals surface area contributed by atoms with Gasteiger partial charge in [-0.2, -0.15) is 0 Å². The fourth-order valence-corrected chi connectivity index (χ4v) is 2.63. The van der Waals surface area contributed by atoms with Crippen LogP contribution in [-0.2, 0) is 6.42 Å². The number of nitrogens with zero attached hydrogens (tertiary/aromatic N) is 1. The van der Waals surface area contributed by atoms with Gasteiger partial charge in [-0.05, 0) is 30.9 Å². The Hall–Kier alpha value is -0.720. The van der Waals surface area contributed by atoms with Crippen LogP contribution < -0.4 is 10.6 Å². The summed E-state index contributed by atoms with van der Waals surface area (Å²) in [6, 6.07) is 4.53. The summed E-state index contributed by atoms with van der Waals surface area (Å²) < 4.78 is 5.36. The molecule has 22 heavy (non-hydrogen) atoms. The van der Waals surface area contributed by atoms with Crippen molar-refractivity contribution in [3.05, 3.63) is 24.2 Å². The Morgan fingerprint density at radius 3 is 2.73 bits per heavy atom. The van der Waals surface area contributed by atoms with Crippen LogP contribution in [0.3, 0.4) is 0 Å². The van der Waals surface area contributed by atoms with Gasteiger partial charge in [-0.15, -0.1) is 24.0 Å². The summed E-state index contributed by atoms with van der Waals surface area (Å²) in [5, 5.41) is 7.04. The summed E-state index contributed by atoms with van der Waals surface area (Å²) >= 11 is 0. The summed E-state index contributed by atoms with van der Waals surface area (Å²) in [6.45, 7) is 6.11. The first-order valence-corrected chi connectivity index (χ1v) is 8.31. The van der Waals surface area contributed by atoms with Crippen LogP contribution in [0.5, 0.6) is 0 Å². The van der Waals surface area contributed by atoms with Gasteiger partial charge in [0.2, 0.25) is 0 Å². The molecule has 0 spiro atoms. The fourth-order valence-electron chi connectivity index (χ4n) is 2.63. The molecule has 0 aromatic carbocycles. The Kier molecular flexibility index (Phi) is 9.59. The van der Waals surface area contributed by atoms with E-state index in [1.54, 1.807) is 6.26 Å². The second-order valence-corrected chi connectivity index (χ2v) is 6.32. The molecule has 4 nitrogen and oxygen atoms in total. The minimum Gasteiger partial charge on any atom is -0.469 e. The molecule has 5 heteroatoms. The van der Waals surface area contributed by atoms with Crippen LogP contribution >= 0.6 is 24.0 Å². The van der Waals surface area contributed by atoms with Crippen molar-refractivity contribution in [3.63, 3.8) is 0 Å². The van der Waals surface area contributed by atoms with Crippen LogP contribution in [0.4, 0.5) is 0 Å². The zero-order valence-electron chi connectivity index (χ0n) is 13.8. The van der Waals surface area contributed by atoms with Crippen molar-refractivity contribution in [2.45, 2.75) is 58.4 Å². The number of nitrogens with one attached hydrogen (secondary N) is 2. The summed E-state index contributed by atoms with van der Waals surface area (Å²) in [6.07, 6.45) is 9.19. The van der Waals surface area contributed by atoms with Gasteiger partial charge in [0.15, 0.2) is 5.96 Å². The molecule has 0 unspecified atom stereocenters. The number of hydrogen-bond donors (Lipinski definition) is 2. The van der Waals surface area contributed by atoms with E-state index in [1.807, 2.05) is 12.1 Å². The van der Waals surface area contributed by atoms with Crippen molar-refractivity contribution in [2.75, 3.05) is 13.1 Å². The molecule has 0 atom stereocenters. The molecule has 1 saturated carbocycles. The van der Waals surface area contributed by atoms with Gasteiger partial charge in [0.1, 0.15) is 5.76 Å². The number of guanidine groups is 1. The van der Waals surface area contributed by atoms with Gasteiger partial charge in [0, 0.05) is 25.6 Å². The van der Waals surface area contributed by atoms with Crippen molar-refractivity contribution in [3.8, 4) is 0 Å². The minimum atomic E-state index is 0. The lowest BCUT2D eigenvalue weighted by Crippen LogP contribution is -2.45. The predicted molar refractivity (Wildman–Crippen MR) is 103 cm³/mol. The van der Waals surface area contributed by atoms with Gasteiger partial charge >= 0.3 is 0 Å². The maximum atomic E-state index is 5.36. The first kappa shape index (κ1) is 19.3. The number of aliphatic imine (C=N–C) groups is 1. The third kappa shape index (κ3) is 7.51. The van der Waals surface area contributed by atoms with Crippen molar-refractivity contribution in [1.29, 1.82) is 0 Å². The summed E-state index contributed by atoms with van der Waals surface area (Å²) in [7, 11) is 0. The lowest BCUT2D eigenvalue weighted by molar-refractivity contribution is 0.409. The van der Waals surface area contributed by atoms with E-state index in [0.717, 1.165) is 31.2 Å². The van der Waals surface area contributed by atoms with Gasteiger partial charge in [-0.3, -0.25) is 4.99 Å². The zero-order chi connectivity index (χ0) is 14.9. The van der Waals surface area contributed by atoms with Crippen LogP contribution in [0.15, 0.2) is 27.8 Å². The Morgan fingerprint density at radius 2 is 2.09 bits per heavy atom. The molecule has 0 radical (unpaired) electrons. The Morgan fingerprint density at radius 1 is 1.32 bits per heavy atom. The standard InChI is InChI=1S/C17H29N3O.HI/c1-14(2)13-19-17(20-15-7-4-3-5-8-15)18-11-10-16-9-6-12-21-16;/h6,9,12,14-15H,3-5,7-8,10-11,13H2,1-2H3,(H2,18,19,20);1H. The smallest absolute Gasteiger partial charge is 0.191 e. The first-order chi connectivity index (χ1) is 10.2. The van der Waals surface area contributed by atoms with E-state index < -0.39 is 0 Å². The maximum Gasteiger partial charge on any atom is 0.191 e. The lowest BCUT2D eigenvalue weighted by Gasteiger charge is -2.25. The molecule has 1 heterocycles. The van der Waals surface area contributed by atoms with E-state index in [4.69, 9.17) is 9.41 Å². The number of rotatable bonds is 6. The fraction of sp³-hybridized carbons (Fsp3) is 0.706. The molecule has 0 saturated heterocycles. The van der Waals surface area contributed by atoms with E-state index >= 15 is 0 Å². The van der Waals surface area contributed by atoms with E-state index in [-0.39, 0.29) is 24.0 Å². The van der Waals surface area contributed by atoms with Crippen LogP contribution in [0.2, 0.25) is 0 Å². The molecule has 126 valence electrons. The van der Waals surface area contributed by atoms with Gasteiger partial charge in [-0.1, -0.05) is 33.1 Å². The molecular weight excluding hydrogens is 389 g/mol. The lowest BCUT2D eigenvalue weighted by atomic mass is 9.96. The molecule has 1 aliphatic carbocycles. The molecule has 2 rings (SSSR count). The second-order valence-electron chi connectivity index (χ2n) is 6.32. The maximum absolute atomic E-state index is 5.36. The Balaban J connectivity index is 0.00000242. The van der Waals surface area contributed by atoms with Crippen molar-refractivity contribution in [1.82, 2.24) is 10.6 Å². The average Bonchev–Trinajstić information content (AvgIpc) is 2.99. The first-order valence-electron chi connectivity index (χ1n) is 8.31. The van der Waals surface area contributed by atoms with Crippen LogP contribution in [0.25, 0.3) is 0 Å². The summed E-state index contributed by atoms with van der Waals surface area (Å²) in [5.74, 6) is 2.56. The van der Waals surface area contributed by atoms with Gasteiger partial charge in [-0.25, -0.2) is 0 Å². The van der Waals surface area contributed by atoms with Gasteiger partial charge in [0.25, 0.3) is 0 Å². The number of hydrogen-bond acceptors (Lipinski definition) is 2. The van der Waals surface area contributed by atoms with Crippen LogP contribution in [0.1, 0.15) is 51.7 Å². The van der Waals surface area contributed by atoms with Crippen molar-refractivity contribution < 1.29 is 4.42 Å². The Bertz CT molecular complexity index is 412. The number of furan rings is 1. The van der Waals surface area contributed by atoms with Gasteiger partial charge in [0.05, 0.1) is 6.26 Å². The molecule has 0 bridgehead atoms. The third-order valence-electron chi connectivity index (χ3n) is 3.80. The summed E-state index contributed by atoms with van der Waals surface area (Å²) in [4.78, 5) is 4.70. The monoisotopic (exact) mass is 419 g/mol. The summed E-state index contributed by atoms with van der Waals surface area (Å²) in [5.41, 5.74) is 0. The average molecular weight is 419 g/mol. The topological polar surface area (TPSA) is 49.6 Å². The highest BCUT2D eigenvalue weighted by Crippen LogP contribution is 2.17. The second kappa shape index (κ2) is 10.9. The van der Waals surface area contributed by atoms with Crippen LogP contribution in [0, 0.1) is 5.92 Å². The zero-order valence-corrected chi connectivity index (χ0v) is 16.1. The molecule has 0 aliphatic heterocycles. The van der Waals surface area contributed by atoms with E-state index in [2.05, 4.69) is 24.5 Å². The van der Waals surface area contributed by atoms with Crippen molar-refractivity contribution in [2.24, 2.45) is 10.9 Å². The van der Waals surface area contributed by atoms with Crippen molar-refractivity contribution >= 4 is 29.9 Å². The molecule has 1 aromatic rings. The predicted octanol–water partition coefficient (Wildman–Crippen LogP) is 3.96. The van der Waals surface area contributed by atoms with E-state index in [9.17, 15) is 0 Å². The molecule has 1 aliphatic rings. The molecule has 1 fully saturated rings. The van der Waals surface area contributed by atoms with E-state index in [1.165, 1.54) is 32.1 Å².